The van der Waals surface area contributed by atoms with E-state index in [1.165, 1.54) is 0 Å². The summed E-state index contributed by atoms with van der Waals surface area (Å²) in [6, 6.07) is -2.36. The Balaban J connectivity index is 1.58. The van der Waals surface area contributed by atoms with Crippen molar-refractivity contribution >= 4 is 32.6 Å². The summed E-state index contributed by atoms with van der Waals surface area (Å²) >= 11 is 0. The maximum Gasteiger partial charge on any atom is 0.476 e. The number of anilines is 1. The second-order valence-corrected chi connectivity index (χ2v) is 11.4. The van der Waals surface area contributed by atoms with Gasteiger partial charge in [0.2, 0.25) is 0 Å². The molecule has 1 aliphatic carbocycles. The fourth-order valence-electron chi connectivity index (χ4n) is 4.61. The average molecular weight is 637 g/mol. The molecular weight excluding hydrogens is 622 g/mol. The minimum atomic E-state index is -5.70. The molecule has 7 atom stereocenters. The first-order valence-corrected chi connectivity index (χ1v) is 14.0. The molecule has 2 fully saturated rings. The number of imidazole rings is 1. The molecule has 2 saturated heterocycles. The Hall–Kier alpha value is -3.83. The molecule has 0 aromatic carbocycles. The van der Waals surface area contributed by atoms with Crippen LogP contribution in [0.15, 0.2) is 36.2 Å². The summed E-state index contributed by atoms with van der Waals surface area (Å²) in [5, 5.41) is 35.4. The van der Waals surface area contributed by atoms with Crippen LogP contribution in [0.1, 0.15) is 6.23 Å². The largest absolute Gasteiger partial charge is 0.756 e. The van der Waals surface area contributed by atoms with E-state index in [1.54, 1.807) is 0 Å². The number of hydrogen-bond donors (Lipinski definition) is 3. The van der Waals surface area contributed by atoms with Crippen LogP contribution in [0, 0.1) is 30.3 Å². The smallest absolute Gasteiger partial charge is 0.476 e. The maximum absolute atomic E-state index is 12.0. The van der Waals surface area contributed by atoms with E-state index >= 15 is 0 Å². The summed E-state index contributed by atoms with van der Waals surface area (Å²) in [5.41, 5.74) is 3.62. The van der Waals surface area contributed by atoms with Gasteiger partial charge in [-0.1, -0.05) is 0 Å². The van der Waals surface area contributed by atoms with E-state index in [0.717, 1.165) is 17.2 Å². The molecule has 0 saturated carbocycles. The minimum absolute atomic E-state index is 0.00624. The van der Waals surface area contributed by atoms with Crippen molar-refractivity contribution in [3.05, 3.63) is 66.5 Å². The van der Waals surface area contributed by atoms with Crippen LogP contribution in [-0.2, 0) is 32.2 Å². The number of phosphoric acid groups is 2. The van der Waals surface area contributed by atoms with E-state index in [0.29, 0.717) is 12.2 Å². The van der Waals surface area contributed by atoms with E-state index in [-0.39, 0.29) is 17.0 Å². The number of nitrogens with zero attached hydrogens (tertiary/aromatic N) is 7. The van der Waals surface area contributed by atoms with Gasteiger partial charge < -0.3 is 39.1 Å². The Morgan fingerprint density at radius 3 is 2.40 bits per heavy atom. The molecular formula is C16H15N8O16P2-. The topological polar surface area (TPSA) is 343 Å². The number of allylic oxidation sites excluding steroid dienone is 1. The van der Waals surface area contributed by atoms with Gasteiger partial charge in [0.1, 0.15) is 30.2 Å². The van der Waals surface area contributed by atoms with Crippen LogP contribution in [0.3, 0.4) is 0 Å². The number of phosphoric ester groups is 1. The van der Waals surface area contributed by atoms with Crippen LogP contribution < -0.4 is 10.6 Å². The number of rotatable bonds is 9. The lowest BCUT2D eigenvalue weighted by atomic mass is 9.96. The van der Waals surface area contributed by atoms with Crippen molar-refractivity contribution in [2.45, 2.75) is 36.4 Å². The highest BCUT2D eigenvalue weighted by atomic mass is 31.3. The molecule has 2 aromatic rings. The standard InChI is InChI=1S/C16H16N8O16P2/c17-13-10-14(19-4-18-13)21(5-20-10)15-12-11(7(37-15)3-36-42(34,35)40-41(31,32)33)38-16(39-12)8(23(27)28)1-6(22(25)26)2-9(16)24(29)30/h1-2,4-5,7-8,11-12,15H,3H2,(H,34,35)(H2,17,18,19)(H2,31,32,33)/p-1/t7-,8?,11-,12-,15-,16?/m1/s1. The van der Waals surface area contributed by atoms with Crippen LogP contribution in [0.25, 0.3) is 11.2 Å². The lowest BCUT2D eigenvalue weighted by Gasteiger charge is -2.31. The first-order chi connectivity index (χ1) is 19.5. The van der Waals surface area contributed by atoms with Gasteiger partial charge in [0, 0.05) is 4.92 Å². The monoisotopic (exact) mass is 637 g/mol. The Kier molecular flexibility index (Phi) is 7.18. The van der Waals surface area contributed by atoms with Crippen molar-refractivity contribution in [2.24, 2.45) is 0 Å². The van der Waals surface area contributed by atoms with E-state index in [2.05, 4.69) is 23.8 Å². The molecule has 5 rings (SSSR count). The lowest BCUT2D eigenvalue weighted by molar-refractivity contribution is -0.569. The summed E-state index contributed by atoms with van der Waals surface area (Å²) in [6.45, 7) is -1.11. The number of aromatic nitrogens is 4. The van der Waals surface area contributed by atoms with Gasteiger partial charge in [-0.2, -0.15) is 0 Å². The maximum atomic E-state index is 12.0. The highest BCUT2D eigenvalue weighted by molar-refractivity contribution is 7.60. The van der Waals surface area contributed by atoms with E-state index in [9.17, 15) is 44.4 Å². The molecule has 4 heterocycles. The van der Waals surface area contributed by atoms with Crippen molar-refractivity contribution < 1.29 is 61.6 Å². The van der Waals surface area contributed by atoms with Crippen molar-refractivity contribution in [1.82, 2.24) is 19.5 Å². The van der Waals surface area contributed by atoms with Gasteiger partial charge in [-0.15, -0.1) is 0 Å². The molecule has 3 aliphatic rings. The Morgan fingerprint density at radius 1 is 1.10 bits per heavy atom. The molecule has 0 radical (unpaired) electrons. The van der Waals surface area contributed by atoms with E-state index < -0.39 is 84.8 Å². The van der Waals surface area contributed by atoms with Gasteiger partial charge in [0.05, 0.1) is 34.9 Å². The number of nitro groups is 3. The second kappa shape index (κ2) is 10.2. The van der Waals surface area contributed by atoms with Gasteiger partial charge in [-0.3, -0.25) is 39.5 Å². The Bertz CT molecular complexity index is 1660. The number of hydrogen-bond acceptors (Lipinski definition) is 18. The number of fused-ring (bicyclic) bond motifs is 2. The summed E-state index contributed by atoms with van der Waals surface area (Å²) in [6.07, 6.45) is -3.30. The van der Waals surface area contributed by atoms with Crippen LogP contribution in [0.4, 0.5) is 5.82 Å². The highest BCUT2D eigenvalue weighted by Gasteiger charge is 2.71. The SMILES string of the molecule is Nc1ncnc2c1ncn2[C@@H]1O[C@H](COP(=O)([O-])OP(=O)(O)O)[C@H]2OC3(O[C@H]21)C([N+](=O)[O-])=CC([N+](=O)[O-])=CC3[N+](=O)[O-]. The first-order valence-electron chi connectivity index (χ1n) is 11.1. The zero-order valence-corrected chi connectivity index (χ0v) is 21.9. The number of nitrogens with two attached hydrogens (primary N) is 1. The van der Waals surface area contributed by atoms with Gasteiger partial charge in [-0.05, 0) is 0 Å². The summed E-state index contributed by atoms with van der Waals surface area (Å²) in [7, 11) is -11.3. The summed E-state index contributed by atoms with van der Waals surface area (Å²) < 4.78 is 49.5. The van der Waals surface area contributed by atoms with Gasteiger partial charge in [-0.25, -0.2) is 23.8 Å². The molecule has 4 N–H and O–H groups in total. The minimum Gasteiger partial charge on any atom is -0.756 e. The van der Waals surface area contributed by atoms with Crippen LogP contribution in [-0.4, -0.2) is 80.8 Å². The zero-order chi connectivity index (χ0) is 30.8. The molecule has 24 nitrogen and oxygen atoms in total. The Morgan fingerprint density at radius 2 is 1.79 bits per heavy atom. The average Bonchev–Trinajstić information content (AvgIpc) is 3.54. The summed E-state index contributed by atoms with van der Waals surface area (Å²) in [5.74, 6) is -2.98. The third kappa shape index (κ3) is 5.15. The Labute approximate surface area is 229 Å². The normalized spacial score (nSPS) is 30.5. The van der Waals surface area contributed by atoms with Gasteiger partial charge >= 0.3 is 25.3 Å². The van der Waals surface area contributed by atoms with Crippen LogP contribution in [0.5, 0.6) is 0 Å². The number of ether oxygens (including phenoxy) is 3. The predicted octanol–water partition coefficient (Wildman–Crippen LogP) is -1.64. The van der Waals surface area contributed by atoms with Gasteiger partial charge in [0.25, 0.3) is 13.5 Å². The molecule has 2 aromatic heterocycles. The van der Waals surface area contributed by atoms with Crippen molar-refractivity contribution in [2.75, 3.05) is 12.3 Å². The predicted molar refractivity (Wildman–Crippen MR) is 124 cm³/mol. The fraction of sp³-hybridized carbons (Fsp3) is 0.438. The zero-order valence-electron chi connectivity index (χ0n) is 20.1. The molecule has 0 amide bonds. The highest BCUT2D eigenvalue weighted by Crippen LogP contribution is 2.56. The molecule has 42 heavy (non-hydrogen) atoms. The number of nitrogen functional groups attached to an aromatic ring is 1. The molecule has 2 aliphatic heterocycles. The molecule has 226 valence electrons. The second-order valence-electron chi connectivity index (χ2n) is 8.66. The fourth-order valence-corrected chi connectivity index (χ4v) is 6.17. The van der Waals surface area contributed by atoms with E-state index in [1.807, 2.05) is 0 Å². The lowest BCUT2D eigenvalue weighted by Crippen LogP contribution is -2.53. The van der Waals surface area contributed by atoms with Crippen molar-refractivity contribution in [3.8, 4) is 0 Å². The van der Waals surface area contributed by atoms with Crippen molar-refractivity contribution in [1.29, 1.82) is 0 Å². The third-order valence-corrected chi connectivity index (χ3v) is 8.28. The molecule has 26 heteroatoms. The van der Waals surface area contributed by atoms with E-state index in [4.69, 9.17) is 29.7 Å². The first kappa shape index (κ1) is 29.7. The van der Waals surface area contributed by atoms with Crippen molar-refractivity contribution in [3.63, 3.8) is 0 Å². The van der Waals surface area contributed by atoms with Crippen LogP contribution in [0.2, 0.25) is 0 Å². The van der Waals surface area contributed by atoms with Gasteiger partial charge in [0.15, 0.2) is 17.7 Å². The molecule has 3 unspecified atom stereocenters. The molecule has 1 spiro atoms. The quantitative estimate of drug-likeness (QED) is 0.158. The summed E-state index contributed by atoms with van der Waals surface area (Å²) in [4.78, 5) is 73.4. The molecule has 0 bridgehead atoms. The van der Waals surface area contributed by atoms with Crippen LogP contribution >= 0.6 is 15.6 Å². The third-order valence-electron chi connectivity index (χ3n) is 6.17.